The second kappa shape index (κ2) is 9.20. The Balaban J connectivity index is 0.00000225. The first kappa shape index (κ1) is 19.7. The summed E-state index contributed by atoms with van der Waals surface area (Å²) in [5.41, 5.74) is 0. The molecule has 3 rings (SSSR count). The Labute approximate surface area is 164 Å². The summed E-state index contributed by atoms with van der Waals surface area (Å²) in [5.74, 6) is 2.85. The van der Waals surface area contributed by atoms with Gasteiger partial charge in [-0.2, -0.15) is 0 Å². The first-order valence-electron chi connectivity index (χ1n) is 8.51. The Morgan fingerprint density at radius 2 is 1.92 bits per heavy atom. The average molecular weight is 463 g/mol. The molecule has 2 aliphatic rings. The molecule has 1 N–H and O–H groups in total. The van der Waals surface area contributed by atoms with Crippen molar-refractivity contribution in [2.24, 2.45) is 4.99 Å². The van der Waals surface area contributed by atoms with Gasteiger partial charge in [0.1, 0.15) is 5.82 Å². The van der Waals surface area contributed by atoms with E-state index in [9.17, 15) is 4.79 Å². The molecular formula is C15H26IN7O2. The number of rotatable bonds is 3. The van der Waals surface area contributed by atoms with Crippen molar-refractivity contribution in [2.45, 2.75) is 32.9 Å². The fourth-order valence-electron chi connectivity index (χ4n) is 3.15. The normalized spacial score (nSPS) is 17.1. The zero-order valence-electron chi connectivity index (χ0n) is 14.8. The van der Waals surface area contributed by atoms with Crippen molar-refractivity contribution >= 4 is 36.0 Å². The van der Waals surface area contributed by atoms with Gasteiger partial charge < -0.3 is 24.4 Å². The predicted molar refractivity (Wildman–Crippen MR) is 104 cm³/mol. The van der Waals surface area contributed by atoms with Gasteiger partial charge in [0.15, 0.2) is 11.8 Å². The quantitative estimate of drug-likeness (QED) is 0.404. The SMILES string of the molecule is CCOC(=O)N1CCN(C(=NC)NCc2nnc3n2CCC3)CC1.I. The minimum Gasteiger partial charge on any atom is -0.450 e. The van der Waals surface area contributed by atoms with Crippen LogP contribution in [0.25, 0.3) is 0 Å². The van der Waals surface area contributed by atoms with Crippen LogP contribution in [0.4, 0.5) is 4.79 Å². The molecule has 0 radical (unpaired) electrons. The van der Waals surface area contributed by atoms with Gasteiger partial charge >= 0.3 is 6.09 Å². The molecule has 1 amide bonds. The standard InChI is InChI=1S/C15H25N7O2.HI/c1-3-24-15(23)21-9-7-20(8-10-21)14(16-2)17-11-13-19-18-12-5-4-6-22(12)13;/h3-11H2,1-2H3,(H,16,17);1H. The molecule has 2 aliphatic heterocycles. The van der Waals surface area contributed by atoms with E-state index in [0.717, 1.165) is 50.1 Å². The third kappa shape index (κ3) is 4.53. The molecule has 0 unspecified atom stereocenters. The largest absolute Gasteiger partial charge is 0.450 e. The molecule has 1 saturated heterocycles. The molecule has 25 heavy (non-hydrogen) atoms. The van der Waals surface area contributed by atoms with Crippen LogP contribution >= 0.6 is 24.0 Å². The highest BCUT2D eigenvalue weighted by atomic mass is 127. The number of aryl methyl sites for hydroxylation is 1. The summed E-state index contributed by atoms with van der Waals surface area (Å²) in [7, 11) is 1.77. The molecule has 9 nitrogen and oxygen atoms in total. The Morgan fingerprint density at radius 1 is 1.20 bits per heavy atom. The minimum atomic E-state index is -0.237. The smallest absolute Gasteiger partial charge is 0.409 e. The Bertz CT molecular complexity index is 611. The van der Waals surface area contributed by atoms with Crippen LogP contribution in [0.15, 0.2) is 4.99 Å². The molecule has 0 saturated carbocycles. The Hall–Kier alpha value is -1.59. The van der Waals surface area contributed by atoms with Crippen molar-refractivity contribution in [1.29, 1.82) is 0 Å². The van der Waals surface area contributed by atoms with E-state index in [0.29, 0.717) is 26.2 Å². The van der Waals surface area contributed by atoms with Crippen molar-refractivity contribution in [3.05, 3.63) is 11.6 Å². The highest BCUT2D eigenvalue weighted by molar-refractivity contribution is 14.0. The van der Waals surface area contributed by atoms with Crippen molar-refractivity contribution in [3.63, 3.8) is 0 Å². The highest BCUT2D eigenvalue weighted by Crippen LogP contribution is 2.13. The summed E-state index contributed by atoms with van der Waals surface area (Å²) in [6.45, 7) is 6.58. The van der Waals surface area contributed by atoms with E-state index in [1.165, 1.54) is 0 Å². The van der Waals surface area contributed by atoms with Gasteiger partial charge in [-0.1, -0.05) is 0 Å². The van der Waals surface area contributed by atoms with Crippen LogP contribution < -0.4 is 5.32 Å². The molecule has 10 heteroatoms. The molecule has 0 spiro atoms. The number of amides is 1. The Kier molecular flexibility index (Phi) is 7.26. The number of hydrogen-bond donors (Lipinski definition) is 1. The van der Waals surface area contributed by atoms with Gasteiger partial charge in [0.05, 0.1) is 13.2 Å². The van der Waals surface area contributed by atoms with Gasteiger partial charge in [0.25, 0.3) is 0 Å². The lowest BCUT2D eigenvalue weighted by molar-refractivity contribution is 0.0914. The maximum Gasteiger partial charge on any atom is 0.409 e. The molecule has 0 atom stereocenters. The van der Waals surface area contributed by atoms with Gasteiger partial charge in [0, 0.05) is 46.2 Å². The number of piperazine rings is 1. The second-order valence-corrected chi connectivity index (χ2v) is 5.86. The van der Waals surface area contributed by atoms with Gasteiger partial charge in [-0.05, 0) is 13.3 Å². The molecule has 0 aliphatic carbocycles. The van der Waals surface area contributed by atoms with Crippen molar-refractivity contribution < 1.29 is 9.53 Å². The zero-order chi connectivity index (χ0) is 16.9. The first-order valence-corrected chi connectivity index (χ1v) is 8.51. The van der Waals surface area contributed by atoms with Crippen LogP contribution in [0.2, 0.25) is 0 Å². The maximum absolute atomic E-state index is 11.8. The molecule has 1 aromatic rings. The van der Waals surface area contributed by atoms with Crippen LogP contribution in [0.3, 0.4) is 0 Å². The lowest BCUT2D eigenvalue weighted by atomic mass is 10.3. The molecular weight excluding hydrogens is 437 g/mol. The number of ether oxygens (including phenoxy) is 1. The van der Waals surface area contributed by atoms with E-state index >= 15 is 0 Å². The van der Waals surface area contributed by atoms with E-state index < -0.39 is 0 Å². The third-order valence-corrected chi connectivity index (χ3v) is 4.41. The number of nitrogens with one attached hydrogen (secondary N) is 1. The zero-order valence-corrected chi connectivity index (χ0v) is 17.1. The second-order valence-electron chi connectivity index (χ2n) is 5.86. The maximum atomic E-state index is 11.8. The fourth-order valence-corrected chi connectivity index (χ4v) is 3.15. The van der Waals surface area contributed by atoms with Gasteiger partial charge in [-0.15, -0.1) is 34.2 Å². The molecule has 3 heterocycles. The van der Waals surface area contributed by atoms with Crippen molar-refractivity contribution in [3.8, 4) is 0 Å². The molecule has 0 aromatic carbocycles. The summed E-state index contributed by atoms with van der Waals surface area (Å²) < 4.78 is 7.23. The van der Waals surface area contributed by atoms with Crippen LogP contribution in [-0.2, 0) is 24.2 Å². The van der Waals surface area contributed by atoms with Crippen molar-refractivity contribution in [1.82, 2.24) is 29.9 Å². The number of nitrogens with zero attached hydrogens (tertiary/aromatic N) is 6. The number of aromatic nitrogens is 3. The third-order valence-electron chi connectivity index (χ3n) is 4.41. The number of hydrogen-bond acceptors (Lipinski definition) is 5. The van der Waals surface area contributed by atoms with Gasteiger partial charge in [0.2, 0.25) is 0 Å². The summed E-state index contributed by atoms with van der Waals surface area (Å²) in [4.78, 5) is 20.0. The minimum absolute atomic E-state index is 0. The average Bonchev–Trinajstić information content (AvgIpc) is 3.20. The lowest BCUT2D eigenvalue weighted by Gasteiger charge is -2.35. The number of halogens is 1. The summed E-state index contributed by atoms with van der Waals surface area (Å²) in [5, 5.41) is 11.8. The molecule has 140 valence electrons. The van der Waals surface area contributed by atoms with E-state index in [2.05, 4.69) is 30.0 Å². The van der Waals surface area contributed by atoms with Gasteiger partial charge in [-0.25, -0.2) is 4.79 Å². The van der Waals surface area contributed by atoms with Crippen LogP contribution in [0, 0.1) is 0 Å². The molecule has 0 bridgehead atoms. The summed E-state index contributed by atoms with van der Waals surface area (Å²) in [6.07, 6.45) is 1.92. The number of aliphatic imine (C=N–C) groups is 1. The first-order chi connectivity index (χ1) is 11.7. The predicted octanol–water partition coefficient (Wildman–Crippen LogP) is 0.692. The molecule has 1 fully saturated rings. The summed E-state index contributed by atoms with van der Waals surface area (Å²) >= 11 is 0. The van der Waals surface area contributed by atoms with E-state index in [1.807, 2.05) is 6.92 Å². The number of carbonyl (C=O) groups is 1. The van der Waals surface area contributed by atoms with Gasteiger partial charge in [-0.3, -0.25) is 4.99 Å². The monoisotopic (exact) mass is 463 g/mol. The Morgan fingerprint density at radius 3 is 2.60 bits per heavy atom. The van der Waals surface area contributed by atoms with Crippen molar-refractivity contribution in [2.75, 3.05) is 39.8 Å². The molecule has 1 aromatic heterocycles. The number of carbonyl (C=O) groups excluding carboxylic acids is 1. The topological polar surface area (TPSA) is 87.9 Å². The van der Waals surface area contributed by atoms with E-state index in [4.69, 9.17) is 4.74 Å². The van der Waals surface area contributed by atoms with Crippen LogP contribution in [0.1, 0.15) is 25.0 Å². The van der Waals surface area contributed by atoms with E-state index in [1.54, 1.807) is 11.9 Å². The number of guanidine groups is 1. The number of fused-ring (bicyclic) bond motifs is 1. The van der Waals surface area contributed by atoms with E-state index in [-0.39, 0.29) is 30.1 Å². The highest BCUT2D eigenvalue weighted by Gasteiger charge is 2.24. The van der Waals surface area contributed by atoms with Crippen LogP contribution in [0.5, 0.6) is 0 Å². The van der Waals surface area contributed by atoms with Crippen LogP contribution in [-0.4, -0.2) is 76.5 Å². The summed E-state index contributed by atoms with van der Waals surface area (Å²) in [6, 6.07) is 0. The lowest BCUT2D eigenvalue weighted by Crippen LogP contribution is -2.53. The fraction of sp³-hybridized carbons (Fsp3) is 0.733.